The molecule has 0 unspecified atom stereocenters. The molecule has 1 heterocycles. The zero-order valence-corrected chi connectivity index (χ0v) is 11.7. The van der Waals surface area contributed by atoms with Gasteiger partial charge in [0.1, 0.15) is 0 Å². The van der Waals surface area contributed by atoms with E-state index in [-0.39, 0.29) is 24.0 Å². The quantitative estimate of drug-likeness (QED) is 0.938. The molecule has 0 bridgehead atoms. The standard InChI is InChI=1S/C13H11BrFNO3/c1-18-10-3-2-8(6-9(10)15)7-16-13(17)11-4-5-12(14)19-11/h2-6H,7H2,1H3,(H,16,17). The molecule has 0 saturated heterocycles. The van der Waals surface area contributed by atoms with Gasteiger partial charge in [0.25, 0.3) is 5.91 Å². The lowest BCUT2D eigenvalue weighted by molar-refractivity contribution is 0.0922. The summed E-state index contributed by atoms with van der Waals surface area (Å²) in [6.07, 6.45) is 0. The Balaban J connectivity index is 1.99. The molecular weight excluding hydrogens is 317 g/mol. The van der Waals surface area contributed by atoms with Crippen LogP contribution in [0.5, 0.6) is 5.75 Å². The number of ether oxygens (including phenoxy) is 1. The first-order valence-corrected chi connectivity index (χ1v) is 6.25. The number of hydrogen-bond donors (Lipinski definition) is 1. The Kier molecular flexibility index (Phi) is 4.21. The van der Waals surface area contributed by atoms with E-state index in [1.54, 1.807) is 18.2 Å². The Bertz CT molecular complexity index is 597. The van der Waals surface area contributed by atoms with E-state index in [9.17, 15) is 9.18 Å². The van der Waals surface area contributed by atoms with E-state index in [4.69, 9.17) is 9.15 Å². The second-order valence-electron chi connectivity index (χ2n) is 3.76. The summed E-state index contributed by atoms with van der Waals surface area (Å²) in [5.41, 5.74) is 0.636. The van der Waals surface area contributed by atoms with E-state index in [2.05, 4.69) is 21.2 Å². The third kappa shape index (κ3) is 3.35. The molecule has 100 valence electrons. The van der Waals surface area contributed by atoms with Crippen LogP contribution in [0.3, 0.4) is 0 Å². The number of rotatable bonds is 4. The van der Waals surface area contributed by atoms with Crippen molar-refractivity contribution in [2.24, 2.45) is 0 Å². The maximum absolute atomic E-state index is 13.4. The Morgan fingerprint density at radius 2 is 2.21 bits per heavy atom. The molecule has 2 rings (SSSR count). The number of carbonyl (C=O) groups excluding carboxylic acids is 1. The smallest absolute Gasteiger partial charge is 0.287 e. The third-order valence-electron chi connectivity index (χ3n) is 2.47. The summed E-state index contributed by atoms with van der Waals surface area (Å²) in [4.78, 5) is 11.7. The molecule has 0 aliphatic carbocycles. The van der Waals surface area contributed by atoms with Crippen LogP contribution in [0.15, 0.2) is 39.4 Å². The number of nitrogens with one attached hydrogen (secondary N) is 1. The van der Waals surface area contributed by atoms with Crippen molar-refractivity contribution in [3.8, 4) is 5.75 Å². The molecule has 1 aromatic carbocycles. The minimum absolute atomic E-state index is 0.171. The number of furan rings is 1. The summed E-state index contributed by atoms with van der Waals surface area (Å²) in [7, 11) is 1.40. The molecule has 2 aromatic rings. The molecule has 6 heteroatoms. The molecule has 1 N–H and O–H groups in total. The van der Waals surface area contributed by atoms with Crippen molar-refractivity contribution >= 4 is 21.8 Å². The zero-order valence-electron chi connectivity index (χ0n) is 10.1. The van der Waals surface area contributed by atoms with Crippen molar-refractivity contribution in [2.45, 2.75) is 6.54 Å². The maximum atomic E-state index is 13.4. The number of halogens is 2. The van der Waals surface area contributed by atoms with Crippen LogP contribution in [0.1, 0.15) is 16.1 Å². The van der Waals surface area contributed by atoms with Gasteiger partial charge < -0.3 is 14.5 Å². The van der Waals surface area contributed by atoms with E-state index in [0.717, 1.165) is 0 Å². The van der Waals surface area contributed by atoms with Gasteiger partial charge in [0.15, 0.2) is 22.0 Å². The summed E-state index contributed by atoms with van der Waals surface area (Å²) >= 11 is 3.11. The minimum Gasteiger partial charge on any atom is -0.494 e. The van der Waals surface area contributed by atoms with Crippen LogP contribution < -0.4 is 10.1 Å². The number of benzene rings is 1. The lowest BCUT2D eigenvalue weighted by Crippen LogP contribution is -2.22. The van der Waals surface area contributed by atoms with Gasteiger partial charge in [-0.3, -0.25) is 4.79 Å². The monoisotopic (exact) mass is 327 g/mol. The number of amides is 1. The van der Waals surface area contributed by atoms with E-state index < -0.39 is 5.82 Å². The van der Waals surface area contributed by atoms with Crippen LogP contribution in [0.25, 0.3) is 0 Å². The summed E-state index contributed by atoms with van der Waals surface area (Å²) in [6.45, 7) is 0.206. The fourth-order valence-electron chi connectivity index (χ4n) is 1.53. The van der Waals surface area contributed by atoms with E-state index in [1.807, 2.05) is 0 Å². The first-order valence-electron chi connectivity index (χ1n) is 5.46. The van der Waals surface area contributed by atoms with E-state index in [0.29, 0.717) is 10.2 Å². The van der Waals surface area contributed by atoms with Gasteiger partial charge in [-0.05, 0) is 45.8 Å². The van der Waals surface area contributed by atoms with Gasteiger partial charge in [0.2, 0.25) is 0 Å². The van der Waals surface area contributed by atoms with Crippen LogP contribution >= 0.6 is 15.9 Å². The molecule has 4 nitrogen and oxygen atoms in total. The highest BCUT2D eigenvalue weighted by atomic mass is 79.9. The number of hydrogen-bond acceptors (Lipinski definition) is 3. The Morgan fingerprint density at radius 1 is 1.42 bits per heavy atom. The SMILES string of the molecule is COc1ccc(CNC(=O)c2ccc(Br)o2)cc1F. The molecule has 0 aliphatic rings. The number of carbonyl (C=O) groups is 1. The molecule has 0 aliphatic heterocycles. The molecule has 1 amide bonds. The summed E-state index contributed by atoms with van der Waals surface area (Å²) in [5, 5.41) is 2.63. The van der Waals surface area contributed by atoms with Gasteiger partial charge in [-0.25, -0.2) is 4.39 Å². The molecule has 19 heavy (non-hydrogen) atoms. The Labute approximate surface area is 117 Å². The maximum Gasteiger partial charge on any atom is 0.287 e. The fraction of sp³-hybridized carbons (Fsp3) is 0.154. The highest BCUT2D eigenvalue weighted by molar-refractivity contribution is 9.10. The first-order chi connectivity index (χ1) is 9.10. The molecule has 0 radical (unpaired) electrons. The Morgan fingerprint density at radius 3 is 2.79 bits per heavy atom. The summed E-state index contributed by atoms with van der Waals surface area (Å²) in [6, 6.07) is 7.69. The Hall–Kier alpha value is -1.82. The van der Waals surface area contributed by atoms with Gasteiger partial charge in [-0.15, -0.1) is 0 Å². The van der Waals surface area contributed by atoms with Crippen LogP contribution in [0, 0.1) is 5.82 Å². The first kappa shape index (κ1) is 13.6. The predicted molar refractivity (Wildman–Crippen MR) is 70.5 cm³/mol. The third-order valence-corrected chi connectivity index (χ3v) is 2.89. The molecular formula is C13H11BrFNO3. The van der Waals surface area contributed by atoms with Crippen LogP contribution in [-0.4, -0.2) is 13.0 Å². The second-order valence-corrected chi connectivity index (χ2v) is 4.54. The van der Waals surface area contributed by atoms with Gasteiger partial charge in [-0.1, -0.05) is 6.07 Å². The topological polar surface area (TPSA) is 51.5 Å². The van der Waals surface area contributed by atoms with Crippen molar-refractivity contribution < 1.29 is 18.3 Å². The predicted octanol–water partition coefficient (Wildman–Crippen LogP) is 3.12. The minimum atomic E-state index is -0.463. The molecule has 1 aromatic heterocycles. The van der Waals surface area contributed by atoms with Crippen LogP contribution in [-0.2, 0) is 6.54 Å². The average Bonchev–Trinajstić information content (AvgIpc) is 2.83. The second kappa shape index (κ2) is 5.88. The van der Waals surface area contributed by atoms with Crippen molar-refractivity contribution in [1.29, 1.82) is 0 Å². The summed E-state index contributed by atoms with van der Waals surface area (Å²) < 4.78 is 23.8. The van der Waals surface area contributed by atoms with Gasteiger partial charge >= 0.3 is 0 Å². The average molecular weight is 328 g/mol. The lowest BCUT2D eigenvalue weighted by atomic mass is 10.2. The van der Waals surface area contributed by atoms with Crippen molar-refractivity contribution in [3.63, 3.8) is 0 Å². The summed E-state index contributed by atoms with van der Waals surface area (Å²) in [5.74, 6) is -0.456. The zero-order chi connectivity index (χ0) is 13.8. The van der Waals surface area contributed by atoms with Gasteiger partial charge in [0, 0.05) is 6.54 Å². The molecule has 0 spiro atoms. The molecule has 0 atom stereocenters. The number of methoxy groups -OCH3 is 1. The van der Waals surface area contributed by atoms with Crippen molar-refractivity contribution in [1.82, 2.24) is 5.32 Å². The van der Waals surface area contributed by atoms with E-state index >= 15 is 0 Å². The molecule has 0 saturated carbocycles. The highest BCUT2D eigenvalue weighted by Gasteiger charge is 2.10. The van der Waals surface area contributed by atoms with Gasteiger partial charge in [-0.2, -0.15) is 0 Å². The normalized spacial score (nSPS) is 10.3. The van der Waals surface area contributed by atoms with Gasteiger partial charge in [0.05, 0.1) is 7.11 Å². The molecule has 0 fully saturated rings. The highest BCUT2D eigenvalue weighted by Crippen LogP contribution is 2.18. The largest absolute Gasteiger partial charge is 0.494 e. The van der Waals surface area contributed by atoms with Crippen molar-refractivity contribution in [3.05, 3.63) is 52.1 Å². The lowest BCUT2D eigenvalue weighted by Gasteiger charge is -2.06. The van der Waals surface area contributed by atoms with Crippen LogP contribution in [0.2, 0.25) is 0 Å². The van der Waals surface area contributed by atoms with E-state index in [1.165, 1.54) is 19.2 Å². The fourth-order valence-corrected chi connectivity index (χ4v) is 1.83. The van der Waals surface area contributed by atoms with Crippen molar-refractivity contribution in [2.75, 3.05) is 7.11 Å². The van der Waals surface area contributed by atoms with Crippen LogP contribution in [0.4, 0.5) is 4.39 Å².